The predicted molar refractivity (Wildman–Crippen MR) is 57.0 cm³/mol. The Kier molecular flexibility index (Phi) is 1.96. The molecule has 2 N–H and O–H groups in total. The highest BCUT2D eigenvalue weighted by Crippen LogP contribution is 2.64. The average Bonchev–Trinajstić information content (AvgIpc) is 2.48. The minimum atomic E-state index is 0.354. The van der Waals surface area contributed by atoms with E-state index < -0.39 is 0 Å². The highest BCUT2D eigenvalue weighted by atomic mass is 15.3. The quantitative estimate of drug-likeness (QED) is 0.772. The fourth-order valence-electron chi connectivity index (χ4n) is 2.73. The van der Waals surface area contributed by atoms with Gasteiger partial charge in [-0.25, -0.2) is 0 Å². The molecule has 1 fully saturated rings. The van der Waals surface area contributed by atoms with Crippen molar-refractivity contribution in [3.63, 3.8) is 0 Å². The second-order valence-electron chi connectivity index (χ2n) is 4.98. The number of aryl methyl sites for hydroxylation is 2. The minimum Gasteiger partial charge on any atom is -0.330 e. The molecule has 1 aliphatic rings. The minimum absolute atomic E-state index is 0.354. The number of nitrogens with two attached hydrogens (primary N) is 1. The molecular weight excluding hydrogens is 174 g/mol. The number of aromatic nitrogens is 2. The summed E-state index contributed by atoms with van der Waals surface area (Å²) >= 11 is 0. The maximum absolute atomic E-state index is 5.78. The van der Waals surface area contributed by atoms with Crippen LogP contribution in [0.25, 0.3) is 0 Å². The molecule has 0 bridgehead atoms. The van der Waals surface area contributed by atoms with Crippen molar-refractivity contribution in [2.24, 2.45) is 24.1 Å². The highest BCUT2D eigenvalue weighted by Gasteiger charge is 2.58. The Morgan fingerprint density at radius 2 is 2.21 bits per heavy atom. The van der Waals surface area contributed by atoms with E-state index in [1.807, 2.05) is 17.9 Å². The Bertz CT molecular complexity index is 332. The molecule has 0 aromatic carbocycles. The van der Waals surface area contributed by atoms with Gasteiger partial charge in [0.15, 0.2) is 0 Å². The zero-order valence-electron chi connectivity index (χ0n) is 9.41. The Hall–Kier alpha value is -0.830. The maximum atomic E-state index is 5.78. The molecule has 1 heterocycles. The highest BCUT2D eigenvalue weighted by molar-refractivity contribution is 5.31. The molecule has 3 nitrogen and oxygen atoms in total. The lowest BCUT2D eigenvalue weighted by molar-refractivity contribution is 0.552. The van der Waals surface area contributed by atoms with E-state index in [1.165, 1.54) is 11.3 Å². The lowest BCUT2D eigenvalue weighted by atomic mass is 10.1. The first kappa shape index (κ1) is 9.71. The van der Waals surface area contributed by atoms with Gasteiger partial charge in [-0.15, -0.1) is 0 Å². The monoisotopic (exact) mass is 193 g/mol. The molecule has 2 atom stereocenters. The summed E-state index contributed by atoms with van der Waals surface area (Å²) in [5.74, 6) is 1.22. The molecule has 0 amide bonds. The van der Waals surface area contributed by atoms with E-state index in [4.69, 9.17) is 5.73 Å². The van der Waals surface area contributed by atoms with Crippen LogP contribution >= 0.6 is 0 Å². The van der Waals surface area contributed by atoms with Crippen LogP contribution < -0.4 is 5.73 Å². The first-order chi connectivity index (χ1) is 6.50. The molecule has 2 rings (SSSR count). The van der Waals surface area contributed by atoms with Gasteiger partial charge in [-0.3, -0.25) is 4.68 Å². The summed E-state index contributed by atoms with van der Waals surface area (Å²) in [6.45, 7) is 7.50. The largest absolute Gasteiger partial charge is 0.330 e. The summed E-state index contributed by atoms with van der Waals surface area (Å²) in [6.07, 6.45) is 1.94. The van der Waals surface area contributed by atoms with Gasteiger partial charge in [-0.05, 0) is 30.4 Å². The molecule has 0 radical (unpaired) electrons. The van der Waals surface area contributed by atoms with Crippen LogP contribution in [-0.2, 0) is 7.05 Å². The van der Waals surface area contributed by atoms with Crippen LogP contribution in [-0.4, -0.2) is 16.3 Å². The zero-order valence-corrected chi connectivity index (χ0v) is 9.41. The van der Waals surface area contributed by atoms with Gasteiger partial charge in [0, 0.05) is 18.7 Å². The molecule has 1 aromatic heterocycles. The van der Waals surface area contributed by atoms with E-state index in [2.05, 4.69) is 25.9 Å². The van der Waals surface area contributed by atoms with Crippen LogP contribution in [0.3, 0.4) is 0 Å². The first-order valence-electron chi connectivity index (χ1n) is 5.18. The average molecular weight is 193 g/mol. The summed E-state index contributed by atoms with van der Waals surface area (Å²) in [6, 6.07) is 0. The van der Waals surface area contributed by atoms with Gasteiger partial charge in [0.1, 0.15) is 0 Å². The van der Waals surface area contributed by atoms with Gasteiger partial charge in [0.2, 0.25) is 0 Å². The van der Waals surface area contributed by atoms with Crippen molar-refractivity contribution in [1.29, 1.82) is 0 Å². The predicted octanol–water partition coefficient (Wildman–Crippen LogP) is 1.43. The number of nitrogens with zero attached hydrogens (tertiary/aromatic N) is 2. The molecule has 3 heteroatoms. The molecule has 0 spiro atoms. The van der Waals surface area contributed by atoms with Crippen LogP contribution in [0.2, 0.25) is 0 Å². The molecular formula is C11H19N3. The summed E-state index contributed by atoms with van der Waals surface area (Å²) in [4.78, 5) is 0. The van der Waals surface area contributed by atoms with Crippen molar-refractivity contribution >= 4 is 0 Å². The summed E-state index contributed by atoms with van der Waals surface area (Å²) in [5.41, 5.74) is 8.79. The molecule has 14 heavy (non-hydrogen) atoms. The Morgan fingerprint density at radius 3 is 2.57 bits per heavy atom. The van der Waals surface area contributed by atoms with Crippen LogP contribution in [0.5, 0.6) is 0 Å². The third-order valence-electron chi connectivity index (χ3n) is 3.78. The summed E-state index contributed by atoms with van der Waals surface area (Å²) in [7, 11) is 2.02. The lowest BCUT2D eigenvalue weighted by Crippen LogP contribution is -2.05. The van der Waals surface area contributed by atoms with E-state index in [-0.39, 0.29) is 0 Å². The first-order valence-corrected chi connectivity index (χ1v) is 5.18. The van der Waals surface area contributed by atoms with Crippen molar-refractivity contribution in [2.75, 3.05) is 6.54 Å². The normalized spacial score (nSPS) is 29.2. The third-order valence-corrected chi connectivity index (χ3v) is 3.78. The molecule has 1 aliphatic carbocycles. The van der Waals surface area contributed by atoms with Gasteiger partial charge in [-0.2, -0.15) is 5.10 Å². The van der Waals surface area contributed by atoms with Gasteiger partial charge < -0.3 is 5.73 Å². The second kappa shape index (κ2) is 2.83. The Balaban J connectivity index is 2.35. The molecule has 78 valence electrons. The number of hydrogen-bond acceptors (Lipinski definition) is 2. The van der Waals surface area contributed by atoms with Crippen molar-refractivity contribution in [1.82, 2.24) is 9.78 Å². The molecule has 0 unspecified atom stereocenters. The number of hydrogen-bond donors (Lipinski definition) is 1. The van der Waals surface area contributed by atoms with E-state index in [9.17, 15) is 0 Å². The van der Waals surface area contributed by atoms with Crippen LogP contribution in [0.4, 0.5) is 0 Å². The van der Waals surface area contributed by atoms with Crippen molar-refractivity contribution in [3.8, 4) is 0 Å². The molecule has 1 saturated carbocycles. The molecule has 0 saturated heterocycles. The van der Waals surface area contributed by atoms with Crippen molar-refractivity contribution in [3.05, 3.63) is 17.5 Å². The van der Waals surface area contributed by atoms with Crippen LogP contribution in [0.15, 0.2) is 6.20 Å². The topological polar surface area (TPSA) is 43.8 Å². The van der Waals surface area contributed by atoms with Gasteiger partial charge >= 0.3 is 0 Å². The number of rotatable bonds is 2. The Morgan fingerprint density at radius 1 is 1.57 bits per heavy atom. The van der Waals surface area contributed by atoms with E-state index in [0.29, 0.717) is 17.3 Å². The van der Waals surface area contributed by atoms with Gasteiger partial charge in [0.25, 0.3) is 0 Å². The van der Waals surface area contributed by atoms with E-state index >= 15 is 0 Å². The smallest absolute Gasteiger partial charge is 0.0521 e. The Labute approximate surface area is 85.3 Å². The molecule has 1 aromatic rings. The lowest BCUT2D eigenvalue weighted by Gasteiger charge is -2.04. The SMILES string of the molecule is Cc1cnn(C)c1[C@@H]1[C@@H](CN)C1(C)C. The van der Waals surface area contributed by atoms with E-state index in [1.54, 1.807) is 0 Å². The zero-order chi connectivity index (χ0) is 10.5. The fraction of sp³-hybridized carbons (Fsp3) is 0.727. The summed E-state index contributed by atoms with van der Waals surface area (Å²) < 4.78 is 2.00. The van der Waals surface area contributed by atoms with E-state index in [0.717, 1.165) is 6.54 Å². The van der Waals surface area contributed by atoms with Crippen LogP contribution in [0.1, 0.15) is 31.0 Å². The van der Waals surface area contributed by atoms with Gasteiger partial charge in [0.05, 0.1) is 6.20 Å². The fourth-order valence-corrected chi connectivity index (χ4v) is 2.73. The molecule has 0 aliphatic heterocycles. The van der Waals surface area contributed by atoms with Crippen molar-refractivity contribution < 1.29 is 0 Å². The second-order valence-corrected chi connectivity index (χ2v) is 4.98. The standard InChI is InChI=1S/C11H19N3/c1-7-6-13-14(4)10(7)9-8(5-12)11(9,2)3/h6,8-9H,5,12H2,1-4H3/t8-,9+/m1/s1. The summed E-state index contributed by atoms with van der Waals surface area (Å²) in [5, 5.41) is 4.29. The third kappa shape index (κ3) is 1.12. The maximum Gasteiger partial charge on any atom is 0.0521 e. The van der Waals surface area contributed by atoms with Gasteiger partial charge in [-0.1, -0.05) is 13.8 Å². The van der Waals surface area contributed by atoms with Crippen molar-refractivity contribution in [2.45, 2.75) is 26.7 Å². The van der Waals surface area contributed by atoms with Crippen LogP contribution in [0, 0.1) is 18.3 Å².